The Bertz CT molecular complexity index is 798. The molecule has 2 N–H and O–H groups in total. The lowest BCUT2D eigenvalue weighted by Crippen LogP contribution is -2.02. The molecule has 0 saturated carbocycles. The monoisotopic (exact) mass is 311 g/mol. The van der Waals surface area contributed by atoms with Gasteiger partial charge in [-0.3, -0.25) is 0 Å². The van der Waals surface area contributed by atoms with Crippen LogP contribution in [0.2, 0.25) is 0 Å². The van der Waals surface area contributed by atoms with Crippen LogP contribution in [0.5, 0.6) is 5.75 Å². The van der Waals surface area contributed by atoms with Crippen molar-refractivity contribution in [3.8, 4) is 5.75 Å². The lowest BCUT2D eigenvalue weighted by atomic mass is 10.3. The number of anilines is 4. The molecule has 0 fully saturated rings. The molecule has 0 radical (unpaired) electrons. The number of hydrogen-bond donors (Lipinski definition) is 2. The smallest absolute Gasteiger partial charge is 0.230 e. The highest BCUT2D eigenvalue weighted by Crippen LogP contribution is 2.21. The minimum absolute atomic E-state index is 0.453. The van der Waals surface area contributed by atoms with Crippen LogP contribution in [0.4, 0.5) is 23.3 Å². The van der Waals surface area contributed by atoms with Gasteiger partial charge in [0.25, 0.3) is 0 Å². The number of hydrogen-bond acceptors (Lipinski definition) is 7. The van der Waals surface area contributed by atoms with E-state index in [-0.39, 0.29) is 0 Å². The third kappa shape index (κ3) is 3.76. The van der Waals surface area contributed by atoms with Crippen molar-refractivity contribution in [1.82, 2.24) is 15.1 Å². The maximum atomic E-state index is 5.15. The van der Waals surface area contributed by atoms with Crippen LogP contribution in [0.15, 0.2) is 40.9 Å². The van der Waals surface area contributed by atoms with Crippen LogP contribution in [0.3, 0.4) is 0 Å². The zero-order valence-corrected chi connectivity index (χ0v) is 13.1. The number of methoxy groups -OCH3 is 1. The number of aryl methyl sites for hydroxylation is 2. The first-order valence-electron chi connectivity index (χ1n) is 7.09. The summed E-state index contributed by atoms with van der Waals surface area (Å²) in [5.74, 6) is 3.23. The number of benzene rings is 1. The lowest BCUT2D eigenvalue weighted by molar-refractivity contribution is 0.400. The number of nitrogens with one attached hydrogen (secondary N) is 2. The second-order valence-corrected chi connectivity index (χ2v) is 5.02. The number of nitrogens with zero attached hydrogens (tertiary/aromatic N) is 3. The van der Waals surface area contributed by atoms with E-state index in [2.05, 4.69) is 25.8 Å². The SMILES string of the molecule is COc1ccc(Nc2cc(C)nc(Nc3cc(C)on3)n2)cc1. The first-order chi connectivity index (χ1) is 11.1. The van der Waals surface area contributed by atoms with Crippen LogP contribution in [-0.4, -0.2) is 22.2 Å². The molecule has 0 unspecified atom stereocenters. The molecule has 3 aromatic rings. The summed E-state index contributed by atoms with van der Waals surface area (Å²) in [5.41, 5.74) is 1.74. The predicted molar refractivity (Wildman–Crippen MR) is 87.6 cm³/mol. The van der Waals surface area contributed by atoms with Gasteiger partial charge >= 0.3 is 0 Å². The summed E-state index contributed by atoms with van der Waals surface area (Å²) in [5, 5.41) is 10.1. The van der Waals surface area contributed by atoms with Crippen molar-refractivity contribution in [3.63, 3.8) is 0 Å². The van der Waals surface area contributed by atoms with E-state index >= 15 is 0 Å². The first kappa shape index (κ1) is 14.8. The predicted octanol–water partition coefficient (Wildman–Crippen LogP) is 3.58. The highest BCUT2D eigenvalue weighted by Gasteiger charge is 2.06. The molecule has 0 aliphatic rings. The van der Waals surface area contributed by atoms with E-state index in [4.69, 9.17) is 9.26 Å². The summed E-state index contributed by atoms with van der Waals surface area (Å²) in [4.78, 5) is 8.77. The van der Waals surface area contributed by atoms with Gasteiger partial charge in [0.05, 0.1) is 7.11 Å². The summed E-state index contributed by atoms with van der Waals surface area (Å²) in [6.07, 6.45) is 0. The third-order valence-corrected chi connectivity index (χ3v) is 3.08. The van der Waals surface area contributed by atoms with Crippen LogP contribution in [0, 0.1) is 13.8 Å². The van der Waals surface area contributed by atoms with Crippen molar-refractivity contribution in [2.24, 2.45) is 0 Å². The molecule has 7 nitrogen and oxygen atoms in total. The van der Waals surface area contributed by atoms with Gasteiger partial charge in [-0.1, -0.05) is 5.16 Å². The maximum Gasteiger partial charge on any atom is 0.230 e. The molecule has 7 heteroatoms. The Morgan fingerprint density at radius 2 is 1.74 bits per heavy atom. The van der Waals surface area contributed by atoms with E-state index in [0.717, 1.165) is 22.9 Å². The average molecular weight is 311 g/mol. The van der Waals surface area contributed by atoms with E-state index in [1.807, 2.05) is 44.2 Å². The van der Waals surface area contributed by atoms with Gasteiger partial charge in [-0.15, -0.1) is 0 Å². The lowest BCUT2D eigenvalue weighted by Gasteiger charge is -2.09. The molecule has 0 amide bonds. The highest BCUT2D eigenvalue weighted by molar-refractivity contribution is 5.59. The summed E-state index contributed by atoms with van der Waals surface area (Å²) < 4.78 is 10.2. The van der Waals surface area contributed by atoms with Gasteiger partial charge in [-0.25, -0.2) is 4.98 Å². The van der Waals surface area contributed by atoms with Gasteiger partial charge < -0.3 is 19.9 Å². The minimum atomic E-state index is 0.453. The zero-order chi connectivity index (χ0) is 16.2. The Balaban J connectivity index is 1.79. The molecule has 0 aliphatic heterocycles. The highest BCUT2D eigenvalue weighted by atomic mass is 16.5. The fourth-order valence-electron chi connectivity index (χ4n) is 2.05. The van der Waals surface area contributed by atoms with Crippen molar-refractivity contribution in [2.45, 2.75) is 13.8 Å². The van der Waals surface area contributed by atoms with Crippen LogP contribution >= 0.6 is 0 Å². The first-order valence-corrected chi connectivity index (χ1v) is 7.09. The zero-order valence-electron chi connectivity index (χ0n) is 13.1. The van der Waals surface area contributed by atoms with Gasteiger partial charge in [0.2, 0.25) is 5.95 Å². The molecule has 118 valence electrons. The van der Waals surface area contributed by atoms with Gasteiger partial charge in [0.1, 0.15) is 17.3 Å². The van der Waals surface area contributed by atoms with Crippen molar-refractivity contribution in [3.05, 3.63) is 47.9 Å². The molecule has 3 rings (SSSR count). The van der Waals surface area contributed by atoms with E-state index < -0.39 is 0 Å². The van der Waals surface area contributed by atoms with Crippen LogP contribution < -0.4 is 15.4 Å². The third-order valence-electron chi connectivity index (χ3n) is 3.08. The Kier molecular flexibility index (Phi) is 4.09. The van der Waals surface area contributed by atoms with Crippen LogP contribution in [-0.2, 0) is 0 Å². The summed E-state index contributed by atoms with van der Waals surface area (Å²) in [6.45, 7) is 3.73. The van der Waals surface area contributed by atoms with Gasteiger partial charge in [0, 0.05) is 23.5 Å². The number of rotatable bonds is 5. The molecule has 1 aromatic carbocycles. The van der Waals surface area contributed by atoms with E-state index in [1.54, 1.807) is 13.2 Å². The Morgan fingerprint density at radius 3 is 2.39 bits per heavy atom. The van der Waals surface area contributed by atoms with Gasteiger partial charge in [-0.2, -0.15) is 4.98 Å². The molecule has 2 aromatic heterocycles. The van der Waals surface area contributed by atoms with Crippen molar-refractivity contribution in [2.75, 3.05) is 17.7 Å². The second kappa shape index (κ2) is 6.35. The van der Waals surface area contributed by atoms with E-state index in [1.165, 1.54) is 0 Å². The number of aromatic nitrogens is 3. The molecule has 0 atom stereocenters. The van der Waals surface area contributed by atoms with Gasteiger partial charge in [-0.05, 0) is 38.1 Å². The number of ether oxygens (including phenoxy) is 1. The fourth-order valence-corrected chi connectivity index (χ4v) is 2.05. The maximum absolute atomic E-state index is 5.15. The molecular formula is C16H17N5O2. The fraction of sp³-hybridized carbons (Fsp3) is 0.188. The minimum Gasteiger partial charge on any atom is -0.497 e. The Hall–Kier alpha value is -3.09. The van der Waals surface area contributed by atoms with Crippen LogP contribution in [0.25, 0.3) is 0 Å². The van der Waals surface area contributed by atoms with Crippen molar-refractivity contribution in [1.29, 1.82) is 0 Å². The van der Waals surface area contributed by atoms with Crippen molar-refractivity contribution >= 4 is 23.3 Å². The molecule has 0 aliphatic carbocycles. The molecule has 0 bridgehead atoms. The summed E-state index contributed by atoms with van der Waals surface area (Å²) >= 11 is 0. The quantitative estimate of drug-likeness (QED) is 0.745. The summed E-state index contributed by atoms with van der Waals surface area (Å²) in [6, 6.07) is 11.3. The molecule has 2 heterocycles. The normalized spacial score (nSPS) is 10.4. The topological polar surface area (TPSA) is 85.1 Å². The Morgan fingerprint density at radius 1 is 0.957 bits per heavy atom. The molecule has 0 spiro atoms. The largest absolute Gasteiger partial charge is 0.497 e. The standard InChI is InChI=1S/C16H17N5O2/c1-10-8-14(18-12-4-6-13(22-3)7-5-12)19-16(17-10)20-15-9-11(2)23-21-15/h4-9H,1-3H3,(H2,17,18,19,20,21). The van der Waals surface area contributed by atoms with E-state index in [0.29, 0.717) is 17.6 Å². The Labute approximate surface area is 133 Å². The second-order valence-electron chi connectivity index (χ2n) is 5.02. The van der Waals surface area contributed by atoms with Crippen molar-refractivity contribution < 1.29 is 9.26 Å². The summed E-state index contributed by atoms with van der Waals surface area (Å²) in [7, 11) is 1.64. The molecule has 0 saturated heterocycles. The van der Waals surface area contributed by atoms with Gasteiger partial charge in [0.15, 0.2) is 5.82 Å². The molecule has 23 heavy (non-hydrogen) atoms. The van der Waals surface area contributed by atoms with Crippen LogP contribution in [0.1, 0.15) is 11.5 Å². The average Bonchev–Trinajstić information content (AvgIpc) is 2.92. The van der Waals surface area contributed by atoms with E-state index in [9.17, 15) is 0 Å². The molecular weight excluding hydrogens is 294 g/mol.